The van der Waals surface area contributed by atoms with Crippen LogP contribution in [0.2, 0.25) is 0 Å². The summed E-state index contributed by atoms with van der Waals surface area (Å²) in [6, 6.07) is 8.51. The average Bonchev–Trinajstić information content (AvgIpc) is 2.37. The summed E-state index contributed by atoms with van der Waals surface area (Å²) in [7, 11) is 1.90. The van der Waals surface area contributed by atoms with Gasteiger partial charge >= 0.3 is 6.18 Å². The van der Waals surface area contributed by atoms with E-state index in [0.717, 1.165) is 17.7 Å². The second-order valence-electron chi connectivity index (χ2n) is 4.08. The maximum absolute atomic E-state index is 12.4. The van der Waals surface area contributed by atoms with Crippen molar-refractivity contribution >= 4 is 0 Å². The summed E-state index contributed by atoms with van der Waals surface area (Å²) < 4.78 is 39.0. The zero-order valence-corrected chi connectivity index (χ0v) is 10.2. The zero-order chi connectivity index (χ0) is 13.9. The molecule has 0 aliphatic heterocycles. The topological polar surface area (TPSA) is 3.88 Å². The van der Waals surface area contributed by atoms with E-state index >= 15 is 0 Å². The number of alkyl halides is 3. The van der Waals surface area contributed by atoms with Crippen molar-refractivity contribution in [3.63, 3.8) is 0 Å². The van der Waals surface area contributed by atoms with Gasteiger partial charge < -0.3 is 0 Å². The molecule has 0 spiro atoms. The minimum Gasteiger partial charge on any atom is -0.208 e. The molecule has 0 N–H and O–H groups in total. The summed E-state index contributed by atoms with van der Waals surface area (Å²) in [5, 5.41) is 0. The standard InChI is InChI=1S/C15H11F3N/c1-19-10-8-13(9-11-19)3-2-12-4-6-14(7-5-12)15(16,17)18/h4-11H,1H3/q+1. The van der Waals surface area contributed by atoms with Gasteiger partial charge in [0.15, 0.2) is 12.4 Å². The Morgan fingerprint density at radius 2 is 1.32 bits per heavy atom. The number of hydrogen-bond acceptors (Lipinski definition) is 0. The summed E-state index contributed by atoms with van der Waals surface area (Å²) in [4.78, 5) is 0. The molecule has 0 saturated carbocycles. The molecule has 19 heavy (non-hydrogen) atoms. The van der Waals surface area contributed by atoms with Crippen molar-refractivity contribution in [2.45, 2.75) is 6.18 Å². The first kappa shape index (κ1) is 13.2. The van der Waals surface area contributed by atoms with Gasteiger partial charge in [-0.2, -0.15) is 13.2 Å². The average molecular weight is 262 g/mol. The lowest BCUT2D eigenvalue weighted by atomic mass is 10.1. The Labute approximate surface area is 109 Å². The fourth-order valence-electron chi connectivity index (χ4n) is 1.47. The van der Waals surface area contributed by atoms with E-state index in [1.54, 1.807) is 0 Å². The Hall–Kier alpha value is -2.28. The van der Waals surface area contributed by atoms with Gasteiger partial charge in [-0.1, -0.05) is 11.8 Å². The van der Waals surface area contributed by atoms with Gasteiger partial charge in [-0.15, -0.1) is 0 Å². The number of pyridine rings is 1. The number of aryl methyl sites for hydroxylation is 1. The Balaban J connectivity index is 2.19. The zero-order valence-electron chi connectivity index (χ0n) is 10.2. The van der Waals surface area contributed by atoms with Crippen molar-refractivity contribution in [2.24, 2.45) is 7.05 Å². The van der Waals surface area contributed by atoms with Gasteiger partial charge in [-0.05, 0) is 24.3 Å². The number of rotatable bonds is 0. The van der Waals surface area contributed by atoms with Crippen LogP contribution in [0.4, 0.5) is 13.2 Å². The predicted molar refractivity (Wildman–Crippen MR) is 65.0 cm³/mol. The summed E-state index contributed by atoms with van der Waals surface area (Å²) >= 11 is 0. The molecule has 0 aliphatic rings. The second kappa shape index (κ2) is 5.15. The van der Waals surface area contributed by atoms with Crippen LogP contribution < -0.4 is 4.57 Å². The Bertz CT molecular complexity index is 614. The van der Waals surface area contributed by atoms with E-state index in [9.17, 15) is 13.2 Å². The minimum atomic E-state index is -4.31. The Morgan fingerprint density at radius 3 is 1.79 bits per heavy atom. The predicted octanol–water partition coefficient (Wildman–Crippen LogP) is 2.93. The van der Waals surface area contributed by atoms with Crippen LogP contribution in [0.15, 0.2) is 48.8 Å². The molecule has 0 aliphatic carbocycles. The molecule has 0 unspecified atom stereocenters. The summed E-state index contributed by atoms with van der Waals surface area (Å²) in [6.07, 6.45) is -0.590. The molecule has 0 atom stereocenters. The van der Waals surface area contributed by atoms with Crippen LogP contribution in [0.3, 0.4) is 0 Å². The first-order valence-electron chi connectivity index (χ1n) is 5.60. The van der Waals surface area contributed by atoms with Crippen LogP contribution in [0, 0.1) is 11.8 Å². The first-order valence-corrected chi connectivity index (χ1v) is 5.60. The highest BCUT2D eigenvalue weighted by Gasteiger charge is 2.29. The van der Waals surface area contributed by atoms with E-state index < -0.39 is 11.7 Å². The number of hydrogen-bond donors (Lipinski definition) is 0. The van der Waals surface area contributed by atoms with E-state index in [-0.39, 0.29) is 0 Å². The lowest BCUT2D eigenvalue weighted by Crippen LogP contribution is -2.25. The first-order chi connectivity index (χ1) is 8.95. The Kier molecular flexibility index (Phi) is 3.57. The van der Waals surface area contributed by atoms with Crippen LogP contribution in [-0.4, -0.2) is 0 Å². The third-order valence-corrected chi connectivity index (χ3v) is 2.54. The van der Waals surface area contributed by atoms with Gasteiger partial charge in [0.2, 0.25) is 0 Å². The normalized spacial score (nSPS) is 10.7. The molecule has 1 nitrogen and oxygen atoms in total. The second-order valence-corrected chi connectivity index (χ2v) is 4.08. The third-order valence-electron chi connectivity index (χ3n) is 2.54. The van der Waals surface area contributed by atoms with E-state index in [4.69, 9.17) is 0 Å². The molecule has 0 fully saturated rings. The van der Waals surface area contributed by atoms with Crippen molar-refractivity contribution in [1.82, 2.24) is 0 Å². The molecule has 0 radical (unpaired) electrons. The van der Waals surface area contributed by atoms with Gasteiger partial charge in [0.05, 0.1) is 5.56 Å². The lowest BCUT2D eigenvalue weighted by molar-refractivity contribution is -0.671. The van der Waals surface area contributed by atoms with Crippen molar-refractivity contribution in [1.29, 1.82) is 0 Å². The molecule has 2 rings (SSSR count). The molecule has 1 aromatic carbocycles. The molecular formula is C15H11F3N+. The number of nitrogens with zero attached hydrogens (tertiary/aromatic N) is 1. The monoisotopic (exact) mass is 262 g/mol. The van der Waals surface area contributed by atoms with Crippen LogP contribution >= 0.6 is 0 Å². The van der Waals surface area contributed by atoms with Gasteiger partial charge in [0.25, 0.3) is 0 Å². The number of halogens is 3. The highest BCUT2D eigenvalue weighted by molar-refractivity contribution is 5.42. The van der Waals surface area contributed by atoms with Crippen molar-refractivity contribution in [2.75, 3.05) is 0 Å². The fourth-order valence-corrected chi connectivity index (χ4v) is 1.47. The smallest absolute Gasteiger partial charge is 0.208 e. The SMILES string of the molecule is C[n+]1ccc(C#Cc2ccc(C(F)(F)F)cc2)cc1. The molecular weight excluding hydrogens is 251 g/mol. The van der Waals surface area contributed by atoms with Crippen LogP contribution in [0.1, 0.15) is 16.7 Å². The Morgan fingerprint density at radius 1 is 0.842 bits per heavy atom. The molecule has 96 valence electrons. The van der Waals surface area contributed by atoms with Gasteiger partial charge in [-0.3, -0.25) is 0 Å². The maximum atomic E-state index is 12.4. The van der Waals surface area contributed by atoms with Crippen molar-refractivity contribution in [3.05, 3.63) is 65.5 Å². The summed E-state index contributed by atoms with van der Waals surface area (Å²) in [6.45, 7) is 0. The molecule has 4 heteroatoms. The van der Waals surface area contributed by atoms with Gasteiger partial charge in [-0.25, -0.2) is 4.57 Å². The maximum Gasteiger partial charge on any atom is 0.416 e. The molecule has 0 saturated heterocycles. The third kappa shape index (κ3) is 3.59. The highest BCUT2D eigenvalue weighted by Crippen LogP contribution is 2.28. The molecule has 0 amide bonds. The van der Waals surface area contributed by atoms with E-state index in [1.807, 2.05) is 36.1 Å². The largest absolute Gasteiger partial charge is 0.416 e. The quantitative estimate of drug-likeness (QED) is 0.507. The molecule has 1 heterocycles. The number of aromatic nitrogens is 1. The fraction of sp³-hybridized carbons (Fsp3) is 0.133. The van der Waals surface area contributed by atoms with Crippen molar-refractivity contribution in [3.8, 4) is 11.8 Å². The summed E-state index contributed by atoms with van der Waals surface area (Å²) in [5.41, 5.74) is 0.712. The highest BCUT2D eigenvalue weighted by atomic mass is 19.4. The van der Waals surface area contributed by atoms with Crippen LogP contribution in [0.5, 0.6) is 0 Å². The summed E-state index contributed by atoms with van der Waals surface area (Å²) in [5.74, 6) is 5.73. The van der Waals surface area contributed by atoms with Crippen LogP contribution in [-0.2, 0) is 13.2 Å². The van der Waals surface area contributed by atoms with Crippen LogP contribution in [0.25, 0.3) is 0 Å². The number of benzene rings is 1. The minimum absolute atomic E-state index is 0.557. The lowest BCUT2D eigenvalue weighted by Gasteiger charge is -2.05. The molecule has 1 aromatic heterocycles. The molecule has 0 bridgehead atoms. The van der Waals surface area contributed by atoms with E-state index in [1.165, 1.54) is 12.1 Å². The van der Waals surface area contributed by atoms with Gasteiger partial charge in [0, 0.05) is 23.3 Å². The molecule has 2 aromatic rings. The van der Waals surface area contributed by atoms with E-state index in [0.29, 0.717) is 5.56 Å². The van der Waals surface area contributed by atoms with Crippen molar-refractivity contribution < 1.29 is 17.7 Å². The van der Waals surface area contributed by atoms with E-state index in [2.05, 4.69) is 11.8 Å². The van der Waals surface area contributed by atoms with Gasteiger partial charge in [0.1, 0.15) is 7.05 Å².